The molecular weight excluding hydrogens is 435 g/mol. The smallest absolute Gasteiger partial charge is 0.475 e. The first-order chi connectivity index (χ1) is 14.6. The molecule has 7 nitrogen and oxygen atoms in total. The number of carboxylic acid groups (broad SMARTS) is 1. The highest BCUT2D eigenvalue weighted by molar-refractivity contribution is 7.07. The van der Waals surface area contributed by atoms with Crippen LogP contribution < -0.4 is 0 Å². The Morgan fingerprint density at radius 2 is 1.94 bits per heavy atom. The van der Waals surface area contributed by atoms with E-state index in [-0.39, 0.29) is 5.91 Å². The summed E-state index contributed by atoms with van der Waals surface area (Å²) in [6, 6.07) is 0. The van der Waals surface area contributed by atoms with E-state index in [2.05, 4.69) is 16.9 Å². The van der Waals surface area contributed by atoms with E-state index in [1.54, 1.807) is 5.51 Å². The fourth-order valence-electron chi connectivity index (χ4n) is 4.39. The van der Waals surface area contributed by atoms with Gasteiger partial charge in [-0.1, -0.05) is 0 Å². The molecule has 31 heavy (non-hydrogen) atoms. The van der Waals surface area contributed by atoms with Crippen LogP contribution in [0.25, 0.3) is 0 Å². The maximum atomic E-state index is 12.5. The van der Waals surface area contributed by atoms with Gasteiger partial charge in [-0.05, 0) is 44.1 Å². The van der Waals surface area contributed by atoms with Crippen molar-refractivity contribution in [3.8, 4) is 0 Å². The lowest BCUT2D eigenvalue weighted by Gasteiger charge is -2.42. The number of ether oxygens (including phenoxy) is 1. The maximum Gasteiger partial charge on any atom is 0.490 e. The number of carbonyl (C=O) groups excluding carboxylic acids is 1. The number of aromatic nitrogens is 1. The summed E-state index contributed by atoms with van der Waals surface area (Å²) in [4.78, 5) is 30.0. The third-order valence-electron chi connectivity index (χ3n) is 6.29. The number of halogens is 3. The van der Waals surface area contributed by atoms with E-state index in [1.165, 1.54) is 24.2 Å². The second kappa shape index (κ2) is 9.83. The lowest BCUT2D eigenvalue weighted by atomic mass is 9.71. The molecule has 0 bridgehead atoms. The van der Waals surface area contributed by atoms with E-state index in [1.807, 2.05) is 10.3 Å². The molecule has 1 N–H and O–H groups in total. The van der Waals surface area contributed by atoms with Crippen molar-refractivity contribution in [2.75, 3.05) is 46.4 Å². The van der Waals surface area contributed by atoms with E-state index in [0.717, 1.165) is 58.2 Å². The van der Waals surface area contributed by atoms with Crippen LogP contribution in [0, 0.1) is 17.3 Å². The van der Waals surface area contributed by atoms with Crippen LogP contribution in [0.15, 0.2) is 10.9 Å². The molecule has 1 aromatic heterocycles. The fraction of sp³-hybridized carbons (Fsp3) is 0.750. The number of amides is 1. The summed E-state index contributed by atoms with van der Waals surface area (Å²) in [5, 5.41) is 8.98. The van der Waals surface area contributed by atoms with Crippen molar-refractivity contribution in [1.29, 1.82) is 0 Å². The highest BCUT2D eigenvalue weighted by atomic mass is 32.1. The molecular formula is C20H28F3N3O4S. The number of aliphatic carboxylic acids is 1. The van der Waals surface area contributed by atoms with Gasteiger partial charge in [0.1, 0.15) is 5.69 Å². The Kier molecular flexibility index (Phi) is 7.59. The second-order valence-corrected chi connectivity index (χ2v) is 9.42. The molecule has 1 atom stereocenters. The minimum Gasteiger partial charge on any atom is -0.475 e. The Morgan fingerprint density at radius 3 is 2.45 bits per heavy atom. The molecule has 0 aromatic carbocycles. The molecule has 4 rings (SSSR count). The first-order valence-electron chi connectivity index (χ1n) is 10.3. The number of hydrogen-bond donors (Lipinski definition) is 1. The molecule has 2 aliphatic heterocycles. The van der Waals surface area contributed by atoms with Crippen LogP contribution in [0.5, 0.6) is 0 Å². The van der Waals surface area contributed by atoms with Gasteiger partial charge in [0.05, 0.1) is 12.1 Å². The zero-order valence-electron chi connectivity index (χ0n) is 17.4. The molecule has 1 amide bonds. The van der Waals surface area contributed by atoms with E-state index >= 15 is 0 Å². The molecule has 174 valence electrons. The van der Waals surface area contributed by atoms with Gasteiger partial charge in [0, 0.05) is 44.1 Å². The SMILES string of the molecule is CN1CC(COCC2CC2)C2(CCN(C(=O)c3cscn3)CC2)C1.O=C(O)C(F)(F)F. The molecule has 1 saturated carbocycles. The summed E-state index contributed by atoms with van der Waals surface area (Å²) in [5.74, 6) is -1.22. The quantitative estimate of drug-likeness (QED) is 0.723. The van der Waals surface area contributed by atoms with Gasteiger partial charge < -0.3 is 19.6 Å². The summed E-state index contributed by atoms with van der Waals surface area (Å²) >= 11 is 1.49. The van der Waals surface area contributed by atoms with Gasteiger partial charge in [-0.3, -0.25) is 4.79 Å². The van der Waals surface area contributed by atoms with Gasteiger partial charge in [-0.15, -0.1) is 11.3 Å². The standard InChI is InChI=1S/C18H27N3O2S.C2HF3O2/c1-20-8-15(10-23-9-14-2-3-14)18(12-20)4-6-21(7-5-18)17(22)16-11-24-13-19-16;3-2(4,5)1(6)7/h11,13-15H,2-10,12H2,1H3;(H,6,7). The minimum atomic E-state index is -5.08. The van der Waals surface area contributed by atoms with Crippen LogP contribution in [0.3, 0.4) is 0 Å². The van der Waals surface area contributed by atoms with Crippen molar-refractivity contribution in [2.24, 2.45) is 17.3 Å². The van der Waals surface area contributed by atoms with E-state index in [9.17, 15) is 18.0 Å². The highest BCUT2D eigenvalue weighted by Crippen LogP contribution is 2.44. The van der Waals surface area contributed by atoms with Crippen LogP contribution in [-0.2, 0) is 9.53 Å². The Labute approximate surface area is 183 Å². The number of piperidine rings is 1. The van der Waals surface area contributed by atoms with Crippen molar-refractivity contribution < 1.29 is 32.6 Å². The first-order valence-corrected chi connectivity index (χ1v) is 11.3. The highest BCUT2D eigenvalue weighted by Gasteiger charge is 2.47. The van der Waals surface area contributed by atoms with Crippen LogP contribution in [0.4, 0.5) is 13.2 Å². The number of rotatable bonds is 5. The molecule has 11 heteroatoms. The van der Waals surface area contributed by atoms with Crippen molar-refractivity contribution in [2.45, 2.75) is 31.9 Å². The molecule has 1 spiro atoms. The number of likely N-dealkylation sites (tertiary alicyclic amines) is 2. The first kappa shape index (κ1) is 23.9. The molecule has 0 radical (unpaired) electrons. The van der Waals surface area contributed by atoms with Crippen LogP contribution in [0.2, 0.25) is 0 Å². The van der Waals surface area contributed by atoms with Crippen LogP contribution >= 0.6 is 11.3 Å². The largest absolute Gasteiger partial charge is 0.490 e. The topological polar surface area (TPSA) is 83.0 Å². The lowest BCUT2D eigenvalue weighted by Crippen LogP contribution is -2.47. The predicted octanol–water partition coefficient (Wildman–Crippen LogP) is 2.99. The van der Waals surface area contributed by atoms with Gasteiger partial charge in [0.15, 0.2) is 0 Å². The zero-order chi connectivity index (χ0) is 22.6. The summed E-state index contributed by atoms with van der Waals surface area (Å²) in [7, 11) is 2.22. The number of carbonyl (C=O) groups is 2. The number of carboxylic acids is 1. The zero-order valence-corrected chi connectivity index (χ0v) is 18.3. The Bertz CT molecular complexity index is 747. The van der Waals surface area contributed by atoms with Crippen molar-refractivity contribution >= 4 is 23.2 Å². The monoisotopic (exact) mass is 463 g/mol. The van der Waals surface area contributed by atoms with Gasteiger partial charge in [-0.2, -0.15) is 13.2 Å². The van der Waals surface area contributed by atoms with Gasteiger partial charge >= 0.3 is 12.1 Å². The van der Waals surface area contributed by atoms with E-state index in [4.69, 9.17) is 14.6 Å². The minimum absolute atomic E-state index is 0.0963. The third kappa shape index (κ3) is 6.39. The molecule has 1 aliphatic carbocycles. The number of hydrogen-bond acceptors (Lipinski definition) is 6. The predicted molar refractivity (Wildman–Crippen MR) is 108 cm³/mol. The maximum absolute atomic E-state index is 12.5. The lowest BCUT2D eigenvalue weighted by molar-refractivity contribution is -0.192. The van der Waals surface area contributed by atoms with Gasteiger partial charge in [0.2, 0.25) is 0 Å². The average molecular weight is 464 g/mol. The Balaban J connectivity index is 0.000000339. The molecule has 2 saturated heterocycles. The van der Waals surface area contributed by atoms with Crippen molar-refractivity contribution in [3.63, 3.8) is 0 Å². The molecule has 3 aliphatic rings. The fourth-order valence-corrected chi connectivity index (χ4v) is 4.92. The normalized spacial score (nSPS) is 23.5. The summed E-state index contributed by atoms with van der Waals surface area (Å²) in [5.41, 5.74) is 2.67. The molecule has 3 heterocycles. The summed E-state index contributed by atoms with van der Waals surface area (Å²) < 4.78 is 37.8. The van der Waals surface area contributed by atoms with Crippen LogP contribution in [-0.4, -0.2) is 84.4 Å². The average Bonchev–Trinajstić information content (AvgIpc) is 3.26. The van der Waals surface area contributed by atoms with Crippen molar-refractivity contribution in [1.82, 2.24) is 14.8 Å². The third-order valence-corrected chi connectivity index (χ3v) is 6.88. The van der Waals surface area contributed by atoms with E-state index in [0.29, 0.717) is 17.0 Å². The van der Waals surface area contributed by atoms with Gasteiger partial charge in [-0.25, -0.2) is 9.78 Å². The summed E-state index contributed by atoms with van der Waals surface area (Å²) in [6.45, 7) is 5.81. The molecule has 1 aromatic rings. The van der Waals surface area contributed by atoms with Crippen LogP contribution in [0.1, 0.15) is 36.2 Å². The Hall–Kier alpha value is -1.72. The summed E-state index contributed by atoms with van der Waals surface area (Å²) in [6.07, 6.45) is -0.206. The van der Waals surface area contributed by atoms with Crippen molar-refractivity contribution in [3.05, 3.63) is 16.6 Å². The number of thiazole rings is 1. The van der Waals surface area contributed by atoms with Gasteiger partial charge in [0.25, 0.3) is 5.91 Å². The van der Waals surface area contributed by atoms with E-state index < -0.39 is 12.1 Å². The number of alkyl halides is 3. The molecule has 1 unspecified atom stereocenters. The number of nitrogens with zero attached hydrogens (tertiary/aromatic N) is 3. The molecule has 3 fully saturated rings. The Morgan fingerprint density at radius 1 is 1.29 bits per heavy atom. The second-order valence-electron chi connectivity index (χ2n) is 8.71.